The van der Waals surface area contributed by atoms with Gasteiger partial charge in [0.25, 0.3) is 0 Å². The zero-order valence-electron chi connectivity index (χ0n) is 20.0. The summed E-state index contributed by atoms with van der Waals surface area (Å²) in [6, 6.07) is 0. The maximum Gasteiger partial charge on any atom is 0.313 e. The Balaban J connectivity index is 3.66. The molecule has 0 spiro atoms. The first-order valence-corrected chi connectivity index (χ1v) is 12.2. The van der Waals surface area contributed by atoms with Gasteiger partial charge in [0.05, 0.1) is 6.42 Å². The van der Waals surface area contributed by atoms with Gasteiger partial charge in [-0.15, -0.1) is 0 Å². The van der Waals surface area contributed by atoms with E-state index in [4.69, 9.17) is 25.1 Å². The number of unbranched alkanes of at least 4 members (excludes halogenated alkanes) is 10. The number of carbonyl (C=O) groups excluding carboxylic acids is 3. The SMILES string of the molecule is N=C(CCC(=O)OC(=O)CCCCCCCCC(=O)O)OC(=O)CCCCCCCCC(=O)O. The number of esters is 3. The van der Waals surface area contributed by atoms with Crippen LogP contribution in [0.2, 0.25) is 0 Å². The summed E-state index contributed by atoms with van der Waals surface area (Å²) in [7, 11) is 0. The summed E-state index contributed by atoms with van der Waals surface area (Å²) in [5.74, 6) is -3.85. The first-order chi connectivity index (χ1) is 16.2. The average molecular weight is 486 g/mol. The van der Waals surface area contributed by atoms with Crippen molar-refractivity contribution in [3.8, 4) is 0 Å². The van der Waals surface area contributed by atoms with Gasteiger partial charge in [-0.2, -0.15) is 0 Å². The molecule has 0 saturated carbocycles. The van der Waals surface area contributed by atoms with Crippen LogP contribution in [0.3, 0.4) is 0 Å². The lowest BCUT2D eigenvalue weighted by atomic mass is 10.1. The third-order valence-electron chi connectivity index (χ3n) is 5.06. The van der Waals surface area contributed by atoms with Crippen LogP contribution in [0, 0.1) is 5.41 Å². The molecule has 3 N–H and O–H groups in total. The molecule has 0 aromatic heterocycles. The van der Waals surface area contributed by atoms with Crippen molar-refractivity contribution < 1.29 is 43.7 Å². The Morgan fingerprint density at radius 1 is 0.441 bits per heavy atom. The number of nitrogens with one attached hydrogen (secondary N) is 1. The molecule has 0 aromatic rings. The minimum atomic E-state index is -0.796. The molecule has 10 heteroatoms. The fraction of sp³-hybridized carbons (Fsp3) is 0.750. The van der Waals surface area contributed by atoms with Crippen LogP contribution in [0.1, 0.15) is 116 Å². The fourth-order valence-corrected chi connectivity index (χ4v) is 3.19. The van der Waals surface area contributed by atoms with Crippen LogP contribution in [0.5, 0.6) is 0 Å². The molecule has 0 aliphatic carbocycles. The molecule has 0 heterocycles. The Hall–Kier alpha value is -2.78. The summed E-state index contributed by atoms with van der Waals surface area (Å²) < 4.78 is 9.56. The summed E-state index contributed by atoms with van der Waals surface area (Å²) in [6.45, 7) is 0. The Bertz CT molecular complexity index is 605. The zero-order chi connectivity index (χ0) is 25.6. The molecule has 0 fully saturated rings. The second kappa shape index (κ2) is 20.8. The van der Waals surface area contributed by atoms with Crippen molar-refractivity contribution in [2.24, 2.45) is 0 Å². The summed E-state index contributed by atoms with van der Waals surface area (Å²) >= 11 is 0. The maximum atomic E-state index is 11.7. The van der Waals surface area contributed by atoms with Gasteiger partial charge in [-0.1, -0.05) is 51.4 Å². The van der Waals surface area contributed by atoms with E-state index >= 15 is 0 Å². The molecule has 0 aliphatic rings. The van der Waals surface area contributed by atoms with Crippen molar-refractivity contribution in [2.75, 3.05) is 0 Å². The van der Waals surface area contributed by atoms with Crippen molar-refractivity contribution in [3.63, 3.8) is 0 Å². The van der Waals surface area contributed by atoms with E-state index in [1.54, 1.807) is 0 Å². The van der Waals surface area contributed by atoms with E-state index < -0.39 is 29.8 Å². The molecule has 0 aliphatic heterocycles. The van der Waals surface area contributed by atoms with Gasteiger partial charge in [-0.25, -0.2) is 0 Å². The molecule has 0 amide bonds. The monoisotopic (exact) mass is 485 g/mol. The number of hydrogen-bond acceptors (Lipinski definition) is 8. The zero-order valence-corrected chi connectivity index (χ0v) is 20.0. The predicted octanol–water partition coefficient (Wildman–Crippen LogP) is 4.77. The lowest BCUT2D eigenvalue weighted by Crippen LogP contribution is -2.16. The summed E-state index contributed by atoms with van der Waals surface area (Å²) in [4.78, 5) is 55.9. The summed E-state index contributed by atoms with van der Waals surface area (Å²) in [5, 5.41) is 24.7. The second-order valence-electron chi connectivity index (χ2n) is 8.27. The summed E-state index contributed by atoms with van der Waals surface area (Å²) in [6.07, 6.45) is 9.66. The standard InChI is InChI=1S/C24H39NO9/c25-19(33-22(30)15-11-7-3-1-5-9-13-20(26)27)17-18-24(32)34-23(31)16-12-8-4-2-6-10-14-21(28)29/h25H,1-18H2,(H,26,27)(H,28,29). The van der Waals surface area contributed by atoms with Gasteiger partial charge in [0.2, 0.25) is 0 Å². The van der Waals surface area contributed by atoms with Gasteiger partial charge in [-0.05, 0) is 25.7 Å². The summed E-state index contributed by atoms with van der Waals surface area (Å²) in [5.41, 5.74) is 0. The van der Waals surface area contributed by atoms with Gasteiger partial charge in [-0.3, -0.25) is 29.4 Å². The first-order valence-electron chi connectivity index (χ1n) is 12.2. The third-order valence-corrected chi connectivity index (χ3v) is 5.06. The number of carboxylic acid groups (broad SMARTS) is 2. The van der Waals surface area contributed by atoms with Crippen molar-refractivity contribution in [3.05, 3.63) is 0 Å². The molecule has 0 rings (SSSR count). The van der Waals surface area contributed by atoms with Gasteiger partial charge >= 0.3 is 29.8 Å². The number of carboxylic acids is 2. The molecule has 0 bridgehead atoms. The number of aliphatic carboxylic acids is 2. The predicted molar refractivity (Wildman–Crippen MR) is 123 cm³/mol. The largest absolute Gasteiger partial charge is 0.481 e. The molecule has 0 radical (unpaired) electrons. The van der Waals surface area contributed by atoms with E-state index in [2.05, 4.69) is 0 Å². The second-order valence-corrected chi connectivity index (χ2v) is 8.27. The van der Waals surface area contributed by atoms with Crippen LogP contribution in [-0.2, 0) is 33.4 Å². The highest BCUT2D eigenvalue weighted by Crippen LogP contribution is 2.11. The van der Waals surface area contributed by atoms with Gasteiger partial charge in [0.1, 0.15) is 0 Å². The molecule has 10 nitrogen and oxygen atoms in total. The normalized spacial score (nSPS) is 10.5. The van der Waals surface area contributed by atoms with Crippen LogP contribution in [0.25, 0.3) is 0 Å². The molecule has 0 unspecified atom stereocenters. The van der Waals surface area contributed by atoms with Gasteiger partial charge in [0.15, 0.2) is 5.90 Å². The van der Waals surface area contributed by atoms with E-state index in [-0.39, 0.29) is 44.4 Å². The number of ether oxygens (including phenoxy) is 2. The highest BCUT2D eigenvalue weighted by molar-refractivity contribution is 5.90. The average Bonchev–Trinajstić information content (AvgIpc) is 2.75. The molecule has 34 heavy (non-hydrogen) atoms. The molecular weight excluding hydrogens is 446 g/mol. The third kappa shape index (κ3) is 22.4. The van der Waals surface area contributed by atoms with Crippen LogP contribution in [0.4, 0.5) is 0 Å². The number of carbonyl (C=O) groups is 5. The van der Waals surface area contributed by atoms with E-state index in [1.165, 1.54) is 0 Å². The minimum absolute atomic E-state index is 0.118. The smallest absolute Gasteiger partial charge is 0.313 e. The van der Waals surface area contributed by atoms with Gasteiger partial charge < -0.3 is 19.7 Å². The maximum absolute atomic E-state index is 11.7. The quantitative estimate of drug-likeness (QED) is 0.0681. The molecule has 194 valence electrons. The van der Waals surface area contributed by atoms with Crippen molar-refractivity contribution in [2.45, 2.75) is 116 Å². The fourth-order valence-electron chi connectivity index (χ4n) is 3.19. The van der Waals surface area contributed by atoms with Crippen LogP contribution in [-0.4, -0.2) is 46.0 Å². The highest BCUT2D eigenvalue weighted by Gasteiger charge is 2.13. The Labute approximate surface area is 200 Å². The molecular formula is C24H39NO9. The van der Waals surface area contributed by atoms with E-state index in [0.29, 0.717) is 25.7 Å². The lowest BCUT2D eigenvalue weighted by molar-refractivity contribution is -0.160. The minimum Gasteiger partial charge on any atom is -0.481 e. The van der Waals surface area contributed by atoms with Crippen molar-refractivity contribution >= 4 is 35.7 Å². The van der Waals surface area contributed by atoms with Crippen molar-refractivity contribution in [1.29, 1.82) is 5.41 Å². The molecule has 0 saturated heterocycles. The highest BCUT2D eigenvalue weighted by atomic mass is 16.6. The van der Waals surface area contributed by atoms with E-state index in [1.807, 2.05) is 0 Å². The van der Waals surface area contributed by atoms with E-state index in [9.17, 15) is 24.0 Å². The van der Waals surface area contributed by atoms with Crippen LogP contribution >= 0.6 is 0 Å². The topological polar surface area (TPSA) is 168 Å². The van der Waals surface area contributed by atoms with E-state index in [0.717, 1.165) is 51.4 Å². The molecule has 0 atom stereocenters. The Kier molecular flexibility index (Phi) is 19.1. The Morgan fingerprint density at radius 3 is 1.18 bits per heavy atom. The van der Waals surface area contributed by atoms with Gasteiger partial charge in [0, 0.05) is 32.1 Å². The first kappa shape index (κ1) is 31.2. The van der Waals surface area contributed by atoms with Crippen molar-refractivity contribution in [1.82, 2.24) is 0 Å². The molecule has 0 aromatic carbocycles. The number of rotatable bonds is 21. The Morgan fingerprint density at radius 2 is 0.765 bits per heavy atom. The lowest BCUT2D eigenvalue weighted by Gasteiger charge is -2.06. The number of hydrogen-bond donors (Lipinski definition) is 3. The van der Waals surface area contributed by atoms with Crippen LogP contribution < -0.4 is 0 Å². The van der Waals surface area contributed by atoms with Crippen LogP contribution in [0.15, 0.2) is 0 Å².